The highest BCUT2D eigenvalue weighted by atomic mass is 16.4. The van der Waals surface area contributed by atoms with Crippen molar-refractivity contribution in [1.82, 2.24) is 14.8 Å². The van der Waals surface area contributed by atoms with Crippen LogP contribution in [0, 0.1) is 6.92 Å². The molecule has 3 rings (SSSR count). The Morgan fingerprint density at radius 2 is 2.00 bits per heavy atom. The molecule has 0 aliphatic carbocycles. The summed E-state index contributed by atoms with van der Waals surface area (Å²) in [5.74, 6) is -0.831. The van der Waals surface area contributed by atoms with Gasteiger partial charge in [-0.3, -0.25) is 0 Å². The van der Waals surface area contributed by atoms with Crippen LogP contribution in [0.1, 0.15) is 34.8 Å². The summed E-state index contributed by atoms with van der Waals surface area (Å²) in [6, 6.07) is 4.03. The first-order valence-electron chi connectivity index (χ1n) is 8.89. The minimum Gasteiger partial charge on any atom is -0.478 e. The van der Waals surface area contributed by atoms with Crippen LogP contribution in [0.4, 0.5) is 0 Å². The van der Waals surface area contributed by atoms with Crippen LogP contribution in [-0.4, -0.2) is 53.3 Å². The molecule has 0 spiro atoms. The maximum absolute atomic E-state index is 11.8. The van der Waals surface area contributed by atoms with Crippen molar-refractivity contribution in [3.8, 4) is 0 Å². The van der Waals surface area contributed by atoms with Crippen molar-refractivity contribution >= 4 is 16.9 Å². The van der Waals surface area contributed by atoms with Gasteiger partial charge in [0.05, 0.1) is 11.1 Å². The maximum Gasteiger partial charge on any atom is 0.338 e. The smallest absolute Gasteiger partial charge is 0.338 e. The lowest BCUT2D eigenvalue weighted by Gasteiger charge is -2.26. The van der Waals surface area contributed by atoms with E-state index in [4.69, 9.17) is 0 Å². The molecule has 1 aliphatic heterocycles. The minimum atomic E-state index is -0.831. The predicted octanol–water partition coefficient (Wildman–Crippen LogP) is 2.51. The lowest BCUT2D eigenvalue weighted by atomic mass is 10.0. The van der Waals surface area contributed by atoms with E-state index >= 15 is 0 Å². The normalized spacial score (nSPS) is 15.9. The third-order valence-electron chi connectivity index (χ3n) is 4.92. The topological polar surface area (TPSA) is 57.5 Å². The average molecular weight is 329 g/mol. The van der Waals surface area contributed by atoms with Gasteiger partial charge < -0.3 is 19.9 Å². The van der Waals surface area contributed by atoms with E-state index < -0.39 is 5.97 Å². The largest absolute Gasteiger partial charge is 0.478 e. The average Bonchev–Trinajstić information content (AvgIpc) is 2.91. The van der Waals surface area contributed by atoms with Crippen molar-refractivity contribution in [2.24, 2.45) is 0 Å². The molecule has 130 valence electrons. The first kappa shape index (κ1) is 17.0. The van der Waals surface area contributed by atoms with E-state index in [1.54, 1.807) is 0 Å². The zero-order chi connectivity index (χ0) is 17.1. The molecule has 2 N–H and O–H groups in total. The van der Waals surface area contributed by atoms with Crippen LogP contribution in [0.5, 0.6) is 0 Å². The summed E-state index contributed by atoms with van der Waals surface area (Å²) < 4.78 is 2.14. The Kier molecular flexibility index (Phi) is 5.21. The number of carbonyl (C=O) groups is 1. The molecule has 0 amide bonds. The molecule has 2 aromatic rings. The highest BCUT2D eigenvalue weighted by molar-refractivity contribution is 6.04. The molecule has 1 saturated heterocycles. The molecule has 0 bridgehead atoms. The van der Waals surface area contributed by atoms with E-state index in [0.717, 1.165) is 68.6 Å². The number of hydrogen-bond donors (Lipinski definition) is 2. The highest BCUT2D eigenvalue weighted by Gasteiger charge is 2.19. The number of benzene rings is 1. The van der Waals surface area contributed by atoms with Gasteiger partial charge in [0, 0.05) is 50.9 Å². The third-order valence-corrected chi connectivity index (χ3v) is 4.92. The highest BCUT2D eigenvalue weighted by Crippen LogP contribution is 2.28. The molecule has 5 heteroatoms. The lowest BCUT2D eigenvalue weighted by molar-refractivity contribution is 0.0698. The molecular weight excluding hydrogens is 302 g/mol. The number of carboxylic acid groups (broad SMARTS) is 1. The number of rotatable bonds is 6. The van der Waals surface area contributed by atoms with Gasteiger partial charge in [-0.15, -0.1) is 0 Å². The van der Waals surface area contributed by atoms with Crippen molar-refractivity contribution in [3.05, 3.63) is 35.0 Å². The van der Waals surface area contributed by atoms with Crippen LogP contribution in [0.3, 0.4) is 0 Å². The van der Waals surface area contributed by atoms with Crippen LogP contribution in [-0.2, 0) is 13.0 Å². The molecule has 0 saturated carbocycles. The Bertz CT molecular complexity index is 730. The van der Waals surface area contributed by atoms with Gasteiger partial charge >= 0.3 is 5.97 Å². The first-order chi connectivity index (χ1) is 11.6. The van der Waals surface area contributed by atoms with E-state index in [9.17, 15) is 9.90 Å². The Morgan fingerprint density at radius 1 is 1.25 bits per heavy atom. The third kappa shape index (κ3) is 3.32. The van der Waals surface area contributed by atoms with Crippen LogP contribution in [0.2, 0.25) is 0 Å². The van der Waals surface area contributed by atoms with Gasteiger partial charge in [0.1, 0.15) is 0 Å². The van der Waals surface area contributed by atoms with Crippen LogP contribution < -0.4 is 5.32 Å². The first-order valence-corrected chi connectivity index (χ1v) is 8.89. The second kappa shape index (κ2) is 7.36. The molecule has 5 nitrogen and oxygen atoms in total. The van der Waals surface area contributed by atoms with Gasteiger partial charge in [0.25, 0.3) is 0 Å². The van der Waals surface area contributed by atoms with Gasteiger partial charge in [-0.1, -0.05) is 19.1 Å². The second-order valence-corrected chi connectivity index (χ2v) is 6.65. The Labute approximate surface area is 143 Å². The number of nitrogens with one attached hydrogen (secondary N) is 1. The van der Waals surface area contributed by atoms with Gasteiger partial charge in [-0.25, -0.2) is 4.79 Å². The second-order valence-electron chi connectivity index (χ2n) is 6.65. The number of aryl methyl sites for hydroxylation is 2. The van der Waals surface area contributed by atoms with Crippen LogP contribution >= 0.6 is 0 Å². The predicted molar refractivity (Wildman–Crippen MR) is 96.9 cm³/mol. The number of nitrogens with zero attached hydrogens (tertiary/aromatic N) is 2. The van der Waals surface area contributed by atoms with Gasteiger partial charge in [0.15, 0.2) is 0 Å². The fourth-order valence-electron chi connectivity index (χ4n) is 3.67. The summed E-state index contributed by atoms with van der Waals surface area (Å²) in [4.78, 5) is 14.3. The zero-order valence-corrected chi connectivity index (χ0v) is 14.6. The number of aromatic nitrogens is 1. The summed E-state index contributed by atoms with van der Waals surface area (Å²) >= 11 is 0. The lowest BCUT2D eigenvalue weighted by Crippen LogP contribution is -2.44. The minimum absolute atomic E-state index is 0.453. The molecule has 24 heavy (non-hydrogen) atoms. The number of piperazine rings is 1. The maximum atomic E-state index is 11.8. The van der Waals surface area contributed by atoms with Crippen LogP contribution in [0.15, 0.2) is 18.3 Å². The summed E-state index contributed by atoms with van der Waals surface area (Å²) in [6.07, 6.45) is 4.13. The molecular formula is C19H27N3O2. The molecule has 0 unspecified atom stereocenters. The summed E-state index contributed by atoms with van der Waals surface area (Å²) in [6.45, 7) is 10.2. The molecule has 1 aromatic heterocycles. The molecule has 0 atom stereocenters. The summed E-state index contributed by atoms with van der Waals surface area (Å²) in [5, 5.41) is 14.1. The van der Waals surface area contributed by atoms with Crippen molar-refractivity contribution in [2.45, 2.75) is 33.2 Å². The van der Waals surface area contributed by atoms with E-state index in [-0.39, 0.29) is 0 Å². The molecule has 2 heterocycles. The molecule has 1 aromatic carbocycles. The number of carboxylic acids is 1. The molecule has 1 aliphatic rings. The number of fused-ring (bicyclic) bond motifs is 1. The standard InChI is InChI=1S/C19H27N3O2/c1-3-9-22-13-15(6-10-21-11-7-20-8-12-21)16-5-4-14(2)17(18(16)22)19(23)24/h4-5,13,20H,3,6-12H2,1-2H3,(H,23,24). The quantitative estimate of drug-likeness (QED) is 0.855. The Hall–Kier alpha value is -1.85. The number of hydrogen-bond acceptors (Lipinski definition) is 3. The Morgan fingerprint density at radius 3 is 2.67 bits per heavy atom. The zero-order valence-electron chi connectivity index (χ0n) is 14.6. The van der Waals surface area contributed by atoms with Gasteiger partial charge in [0.2, 0.25) is 0 Å². The molecule has 1 fully saturated rings. The van der Waals surface area contributed by atoms with Gasteiger partial charge in [-0.2, -0.15) is 0 Å². The van der Waals surface area contributed by atoms with E-state index in [1.807, 2.05) is 13.0 Å². The van der Waals surface area contributed by atoms with Crippen molar-refractivity contribution < 1.29 is 9.90 Å². The monoisotopic (exact) mass is 329 g/mol. The fraction of sp³-hybridized carbons (Fsp3) is 0.526. The van der Waals surface area contributed by atoms with Crippen molar-refractivity contribution in [2.75, 3.05) is 32.7 Å². The number of aromatic carboxylic acids is 1. The van der Waals surface area contributed by atoms with E-state index in [1.165, 1.54) is 5.56 Å². The fourth-order valence-corrected chi connectivity index (χ4v) is 3.67. The SMILES string of the molecule is CCCn1cc(CCN2CCNCC2)c2ccc(C)c(C(=O)O)c21. The van der Waals surface area contributed by atoms with Crippen molar-refractivity contribution in [3.63, 3.8) is 0 Å². The molecule has 0 radical (unpaired) electrons. The Balaban J connectivity index is 1.96. The van der Waals surface area contributed by atoms with E-state index in [2.05, 4.69) is 34.0 Å². The van der Waals surface area contributed by atoms with Crippen LogP contribution in [0.25, 0.3) is 10.9 Å². The summed E-state index contributed by atoms with van der Waals surface area (Å²) in [7, 11) is 0. The van der Waals surface area contributed by atoms with Crippen molar-refractivity contribution in [1.29, 1.82) is 0 Å². The van der Waals surface area contributed by atoms with Gasteiger partial charge in [-0.05, 0) is 30.9 Å². The van der Waals surface area contributed by atoms with E-state index in [0.29, 0.717) is 5.56 Å². The summed E-state index contributed by atoms with van der Waals surface area (Å²) in [5.41, 5.74) is 3.44.